The maximum Gasteiger partial charge on any atom is 0.125 e. The van der Waals surface area contributed by atoms with E-state index in [1.165, 1.54) is 19.3 Å². The molecule has 2 N–H and O–H groups in total. The lowest BCUT2D eigenvalue weighted by molar-refractivity contribution is 0.0852. The van der Waals surface area contributed by atoms with Crippen molar-refractivity contribution in [2.24, 2.45) is 5.73 Å². The predicted molar refractivity (Wildman–Crippen MR) is 56.0 cm³/mol. The number of nitrogens with zero attached hydrogens (tertiary/aromatic N) is 1. The molecular formula is C11H21FN2. The van der Waals surface area contributed by atoms with Crippen LogP contribution in [0.4, 0.5) is 4.39 Å². The lowest BCUT2D eigenvalue weighted by Crippen LogP contribution is -2.41. The monoisotopic (exact) mass is 200 g/mol. The molecule has 82 valence electrons. The van der Waals surface area contributed by atoms with Gasteiger partial charge in [0.2, 0.25) is 0 Å². The molecule has 1 aliphatic carbocycles. The van der Waals surface area contributed by atoms with Crippen LogP contribution >= 0.6 is 0 Å². The van der Waals surface area contributed by atoms with Gasteiger partial charge in [-0.2, -0.15) is 0 Å². The summed E-state index contributed by atoms with van der Waals surface area (Å²) in [5.41, 5.74) is 4.78. The van der Waals surface area contributed by atoms with Crippen LogP contribution in [0.1, 0.15) is 38.5 Å². The van der Waals surface area contributed by atoms with E-state index in [9.17, 15) is 4.39 Å². The molecule has 2 atom stereocenters. The number of hydrogen-bond donors (Lipinski definition) is 1. The number of rotatable bonds is 2. The number of piperidine rings is 1. The zero-order valence-electron chi connectivity index (χ0n) is 8.84. The lowest BCUT2D eigenvalue weighted by Gasteiger charge is -2.32. The Bertz CT molecular complexity index is 192. The third-order valence-electron chi connectivity index (χ3n) is 3.55. The molecule has 1 heterocycles. The Balaban J connectivity index is 1.83. The second-order valence-corrected chi connectivity index (χ2v) is 4.99. The molecule has 0 aromatic heterocycles. The molecule has 2 nitrogen and oxygen atoms in total. The standard InChI is InChI=1S/C11H21FN2/c12-11(5-4-10(13)8-11)9-14-6-2-1-3-7-14/h10H,1-9,13H2. The van der Waals surface area contributed by atoms with Crippen LogP contribution in [0.15, 0.2) is 0 Å². The lowest BCUT2D eigenvalue weighted by atomic mass is 10.0. The van der Waals surface area contributed by atoms with Gasteiger partial charge in [0.05, 0.1) is 0 Å². The smallest absolute Gasteiger partial charge is 0.125 e. The highest BCUT2D eigenvalue weighted by Gasteiger charge is 2.39. The van der Waals surface area contributed by atoms with Gasteiger partial charge in [-0.25, -0.2) is 4.39 Å². The molecule has 0 amide bonds. The number of alkyl halides is 1. The Labute approximate surface area is 85.6 Å². The Morgan fingerprint density at radius 3 is 2.57 bits per heavy atom. The maximum atomic E-state index is 14.2. The van der Waals surface area contributed by atoms with Gasteiger partial charge in [-0.05, 0) is 45.2 Å². The minimum Gasteiger partial charge on any atom is -0.328 e. The first-order valence-corrected chi connectivity index (χ1v) is 5.85. The van der Waals surface area contributed by atoms with Gasteiger partial charge in [-0.3, -0.25) is 0 Å². The van der Waals surface area contributed by atoms with E-state index in [0.29, 0.717) is 19.4 Å². The molecule has 0 aromatic carbocycles. The van der Waals surface area contributed by atoms with Crippen molar-refractivity contribution in [3.8, 4) is 0 Å². The fraction of sp³-hybridized carbons (Fsp3) is 1.00. The summed E-state index contributed by atoms with van der Waals surface area (Å²) in [6, 6.07) is 0.102. The van der Waals surface area contributed by atoms with Gasteiger partial charge in [0, 0.05) is 12.6 Å². The molecule has 2 fully saturated rings. The molecular weight excluding hydrogens is 179 g/mol. The van der Waals surface area contributed by atoms with Crippen LogP contribution in [-0.4, -0.2) is 36.2 Å². The average molecular weight is 200 g/mol. The molecule has 3 heteroatoms. The van der Waals surface area contributed by atoms with E-state index in [4.69, 9.17) is 5.73 Å². The molecule has 0 spiro atoms. The molecule has 14 heavy (non-hydrogen) atoms. The van der Waals surface area contributed by atoms with Gasteiger partial charge in [-0.15, -0.1) is 0 Å². The number of nitrogens with two attached hydrogens (primary N) is 1. The van der Waals surface area contributed by atoms with E-state index >= 15 is 0 Å². The molecule has 1 aliphatic heterocycles. The Kier molecular flexibility index (Phi) is 3.07. The molecule has 2 rings (SSSR count). The fourth-order valence-corrected chi connectivity index (χ4v) is 2.78. The van der Waals surface area contributed by atoms with Crippen molar-refractivity contribution >= 4 is 0 Å². The highest BCUT2D eigenvalue weighted by Crippen LogP contribution is 2.34. The van der Waals surface area contributed by atoms with Crippen LogP contribution in [0, 0.1) is 0 Å². The summed E-state index contributed by atoms with van der Waals surface area (Å²) in [5, 5.41) is 0. The van der Waals surface area contributed by atoms with Gasteiger partial charge in [0.25, 0.3) is 0 Å². The Morgan fingerprint density at radius 1 is 1.29 bits per heavy atom. The molecule has 1 saturated heterocycles. The number of hydrogen-bond acceptors (Lipinski definition) is 2. The SMILES string of the molecule is NC1CCC(F)(CN2CCCCC2)C1. The van der Waals surface area contributed by atoms with Crippen molar-refractivity contribution in [1.29, 1.82) is 0 Å². The van der Waals surface area contributed by atoms with Crippen molar-refractivity contribution in [2.45, 2.75) is 50.2 Å². The summed E-state index contributed by atoms with van der Waals surface area (Å²) in [7, 11) is 0. The molecule has 2 aliphatic rings. The quantitative estimate of drug-likeness (QED) is 0.735. The minimum atomic E-state index is -0.975. The average Bonchev–Trinajstić information content (AvgIpc) is 2.47. The van der Waals surface area contributed by atoms with Crippen LogP contribution in [0.25, 0.3) is 0 Å². The number of halogens is 1. The summed E-state index contributed by atoms with van der Waals surface area (Å²) in [6.45, 7) is 2.79. The van der Waals surface area contributed by atoms with Gasteiger partial charge in [-0.1, -0.05) is 6.42 Å². The predicted octanol–water partition coefficient (Wildman–Crippen LogP) is 1.69. The molecule has 0 bridgehead atoms. The van der Waals surface area contributed by atoms with Crippen LogP contribution in [0.2, 0.25) is 0 Å². The normalized spacial score (nSPS) is 40.3. The Hall–Kier alpha value is -0.150. The van der Waals surface area contributed by atoms with Gasteiger partial charge in [0.1, 0.15) is 5.67 Å². The molecule has 1 saturated carbocycles. The summed E-state index contributed by atoms with van der Waals surface area (Å²) < 4.78 is 14.2. The molecule has 0 radical (unpaired) electrons. The highest BCUT2D eigenvalue weighted by atomic mass is 19.1. The van der Waals surface area contributed by atoms with Crippen LogP contribution in [0.3, 0.4) is 0 Å². The van der Waals surface area contributed by atoms with Gasteiger partial charge in [0.15, 0.2) is 0 Å². The molecule has 0 aromatic rings. The van der Waals surface area contributed by atoms with Crippen LogP contribution in [0.5, 0.6) is 0 Å². The van der Waals surface area contributed by atoms with Crippen LogP contribution in [-0.2, 0) is 0 Å². The summed E-state index contributed by atoms with van der Waals surface area (Å²) in [6.07, 6.45) is 5.90. The highest BCUT2D eigenvalue weighted by molar-refractivity contribution is 4.94. The van der Waals surface area contributed by atoms with Crippen LogP contribution < -0.4 is 5.73 Å². The van der Waals surface area contributed by atoms with E-state index in [1.807, 2.05) is 0 Å². The first kappa shape index (κ1) is 10.4. The first-order chi connectivity index (χ1) is 6.68. The topological polar surface area (TPSA) is 29.3 Å². The third kappa shape index (κ3) is 2.45. The number of likely N-dealkylation sites (tertiary alicyclic amines) is 1. The minimum absolute atomic E-state index is 0.102. The van der Waals surface area contributed by atoms with E-state index in [0.717, 1.165) is 19.5 Å². The summed E-state index contributed by atoms with van der Waals surface area (Å²) in [5.74, 6) is 0. The summed E-state index contributed by atoms with van der Waals surface area (Å²) in [4.78, 5) is 2.28. The Morgan fingerprint density at radius 2 is 2.00 bits per heavy atom. The second kappa shape index (κ2) is 4.15. The van der Waals surface area contributed by atoms with E-state index in [2.05, 4.69) is 4.90 Å². The zero-order valence-corrected chi connectivity index (χ0v) is 8.84. The van der Waals surface area contributed by atoms with E-state index in [1.54, 1.807) is 0 Å². The molecule has 2 unspecified atom stereocenters. The first-order valence-electron chi connectivity index (χ1n) is 5.85. The van der Waals surface area contributed by atoms with Crippen molar-refractivity contribution in [3.63, 3.8) is 0 Å². The van der Waals surface area contributed by atoms with Crippen molar-refractivity contribution in [3.05, 3.63) is 0 Å². The fourth-order valence-electron chi connectivity index (χ4n) is 2.78. The zero-order chi connectivity index (χ0) is 10.0. The second-order valence-electron chi connectivity index (χ2n) is 4.99. The van der Waals surface area contributed by atoms with E-state index in [-0.39, 0.29) is 6.04 Å². The van der Waals surface area contributed by atoms with Crippen molar-refractivity contribution < 1.29 is 4.39 Å². The summed E-state index contributed by atoms with van der Waals surface area (Å²) >= 11 is 0. The van der Waals surface area contributed by atoms with Crippen molar-refractivity contribution in [1.82, 2.24) is 4.90 Å². The van der Waals surface area contributed by atoms with E-state index < -0.39 is 5.67 Å². The third-order valence-corrected chi connectivity index (χ3v) is 3.55. The largest absolute Gasteiger partial charge is 0.328 e. The maximum absolute atomic E-state index is 14.2. The van der Waals surface area contributed by atoms with Crippen molar-refractivity contribution in [2.75, 3.05) is 19.6 Å². The van der Waals surface area contributed by atoms with Gasteiger partial charge >= 0.3 is 0 Å². The van der Waals surface area contributed by atoms with Gasteiger partial charge < -0.3 is 10.6 Å².